The van der Waals surface area contributed by atoms with Gasteiger partial charge in [0, 0.05) is 11.8 Å². The minimum absolute atomic E-state index is 0.435. The molecule has 0 saturated heterocycles. The molecule has 2 aromatic carbocycles. The van der Waals surface area contributed by atoms with E-state index in [-0.39, 0.29) is 0 Å². The molecule has 1 heterocycles. The van der Waals surface area contributed by atoms with Crippen LogP contribution in [0.2, 0.25) is 0 Å². The van der Waals surface area contributed by atoms with Gasteiger partial charge in [-0.1, -0.05) is 42.5 Å². The summed E-state index contributed by atoms with van der Waals surface area (Å²) in [5, 5.41) is 3.03. The van der Waals surface area contributed by atoms with Crippen molar-refractivity contribution in [3.8, 4) is 11.1 Å². The van der Waals surface area contributed by atoms with E-state index in [1.54, 1.807) is 0 Å². The lowest BCUT2D eigenvalue weighted by atomic mass is 10.1. The van der Waals surface area contributed by atoms with Gasteiger partial charge in [-0.15, -0.1) is 0 Å². The summed E-state index contributed by atoms with van der Waals surface area (Å²) in [5.41, 5.74) is 3.14. The van der Waals surface area contributed by atoms with Crippen molar-refractivity contribution in [3.63, 3.8) is 0 Å². The molecule has 0 aliphatic heterocycles. The lowest BCUT2D eigenvalue weighted by molar-refractivity contribution is 0.580. The van der Waals surface area contributed by atoms with Crippen molar-refractivity contribution >= 4 is 11.5 Å². The molecule has 3 aromatic rings. The van der Waals surface area contributed by atoms with Crippen LogP contribution >= 0.6 is 0 Å². The SMILES string of the molecule is Fc1cc(Nc2ccc(-c3ccccc3)cc2)ncn1. The Bertz CT molecular complexity index is 696. The molecule has 0 atom stereocenters. The maximum absolute atomic E-state index is 13.0. The number of hydrogen-bond acceptors (Lipinski definition) is 3. The van der Waals surface area contributed by atoms with Crippen molar-refractivity contribution in [2.45, 2.75) is 0 Å². The summed E-state index contributed by atoms with van der Waals surface area (Å²) < 4.78 is 13.0. The Kier molecular flexibility index (Phi) is 3.37. The number of rotatable bonds is 3. The van der Waals surface area contributed by atoms with Gasteiger partial charge < -0.3 is 5.32 Å². The van der Waals surface area contributed by atoms with E-state index in [1.165, 1.54) is 12.4 Å². The Hall–Kier alpha value is -2.75. The van der Waals surface area contributed by atoms with Gasteiger partial charge in [-0.05, 0) is 23.3 Å². The van der Waals surface area contributed by atoms with Gasteiger partial charge in [0.05, 0.1) is 0 Å². The molecule has 0 aliphatic carbocycles. The third-order valence-electron chi connectivity index (χ3n) is 2.90. The molecule has 0 radical (unpaired) electrons. The lowest BCUT2D eigenvalue weighted by Gasteiger charge is -2.06. The van der Waals surface area contributed by atoms with E-state index < -0.39 is 5.95 Å². The molecule has 0 bridgehead atoms. The van der Waals surface area contributed by atoms with E-state index in [2.05, 4.69) is 27.4 Å². The zero-order valence-electron chi connectivity index (χ0n) is 10.6. The van der Waals surface area contributed by atoms with Crippen LogP contribution in [0.3, 0.4) is 0 Å². The first-order chi connectivity index (χ1) is 9.81. The smallest absolute Gasteiger partial charge is 0.218 e. The maximum Gasteiger partial charge on any atom is 0.218 e. The number of halogens is 1. The van der Waals surface area contributed by atoms with Crippen molar-refractivity contribution in [1.82, 2.24) is 9.97 Å². The third-order valence-corrected chi connectivity index (χ3v) is 2.90. The Morgan fingerprint density at radius 3 is 2.20 bits per heavy atom. The molecule has 4 heteroatoms. The Morgan fingerprint density at radius 1 is 0.800 bits per heavy atom. The fourth-order valence-corrected chi connectivity index (χ4v) is 1.93. The van der Waals surface area contributed by atoms with Crippen LogP contribution in [-0.4, -0.2) is 9.97 Å². The van der Waals surface area contributed by atoms with Crippen molar-refractivity contribution in [1.29, 1.82) is 0 Å². The molecule has 0 aliphatic rings. The summed E-state index contributed by atoms with van der Waals surface area (Å²) in [6.07, 6.45) is 1.19. The van der Waals surface area contributed by atoms with E-state index in [0.717, 1.165) is 16.8 Å². The Labute approximate surface area is 116 Å². The topological polar surface area (TPSA) is 37.8 Å². The van der Waals surface area contributed by atoms with E-state index in [9.17, 15) is 4.39 Å². The summed E-state index contributed by atoms with van der Waals surface area (Å²) in [5.74, 6) is -0.117. The molecule has 0 spiro atoms. The van der Waals surface area contributed by atoms with Crippen molar-refractivity contribution in [2.24, 2.45) is 0 Å². The lowest BCUT2D eigenvalue weighted by Crippen LogP contribution is -1.95. The first kappa shape index (κ1) is 12.3. The summed E-state index contributed by atoms with van der Waals surface area (Å²) in [4.78, 5) is 7.37. The zero-order chi connectivity index (χ0) is 13.8. The van der Waals surface area contributed by atoms with Gasteiger partial charge in [-0.2, -0.15) is 4.39 Å². The summed E-state index contributed by atoms with van der Waals surface area (Å²) >= 11 is 0. The van der Waals surface area contributed by atoms with Gasteiger partial charge in [-0.3, -0.25) is 0 Å². The molecular weight excluding hydrogens is 253 g/mol. The highest BCUT2D eigenvalue weighted by Gasteiger charge is 2.00. The normalized spacial score (nSPS) is 10.2. The summed E-state index contributed by atoms with van der Waals surface area (Å²) in [6.45, 7) is 0. The molecular formula is C16H12FN3. The van der Waals surface area contributed by atoms with E-state index >= 15 is 0 Å². The predicted octanol–water partition coefficient (Wildman–Crippen LogP) is 4.03. The maximum atomic E-state index is 13.0. The third kappa shape index (κ3) is 2.80. The minimum atomic E-state index is -0.552. The van der Waals surface area contributed by atoms with Gasteiger partial charge in [0.25, 0.3) is 0 Å². The molecule has 1 aromatic heterocycles. The molecule has 0 saturated carbocycles. The van der Waals surface area contributed by atoms with Crippen molar-refractivity contribution in [2.75, 3.05) is 5.32 Å². The molecule has 3 rings (SSSR count). The van der Waals surface area contributed by atoms with Gasteiger partial charge in [0.2, 0.25) is 5.95 Å². The molecule has 3 nitrogen and oxygen atoms in total. The zero-order valence-corrected chi connectivity index (χ0v) is 10.6. The molecule has 0 unspecified atom stereocenters. The van der Waals surface area contributed by atoms with E-state index in [1.807, 2.05) is 42.5 Å². The number of nitrogens with zero attached hydrogens (tertiary/aromatic N) is 2. The molecule has 0 fully saturated rings. The van der Waals surface area contributed by atoms with Crippen molar-refractivity contribution in [3.05, 3.63) is 72.9 Å². The van der Waals surface area contributed by atoms with Gasteiger partial charge in [-0.25, -0.2) is 9.97 Å². The number of hydrogen-bond donors (Lipinski definition) is 1. The van der Waals surface area contributed by atoms with Gasteiger partial charge in [0.15, 0.2) is 0 Å². The highest BCUT2D eigenvalue weighted by Crippen LogP contribution is 2.22. The van der Waals surface area contributed by atoms with Crippen LogP contribution in [0.5, 0.6) is 0 Å². The number of benzene rings is 2. The molecule has 20 heavy (non-hydrogen) atoms. The monoisotopic (exact) mass is 265 g/mol. The average molecular weight is 265 g/mol. The molecule has 0 amide bonds. The fourth-order valence-electron chi connectivity index (χ4n) is 1.93. The molecule has 1 N–H and O–H groups in total. The second-order valence-corrected chi connectivity index (χ2v) is 4.29. The average Bonchev–Trinajstić information content (AvgIpc) is 2.49. The first-order valence-electron chi connectivity index (χ1n) is 6.21. The second kappa shape index (κ2) is 5.48. The van der Waals surface area contributed by atoms with Crippen LogP contribution in [0.25, 0.3) is 11.1 Å². The van der Waals surface area contributed by atoms with Crippen LogP contribution < -0.4 is 5.32 Å². The van der Waals surface area contributed by atoms with E-state index in [4.69, 9.17) is 0 Å². The van der Waals surface area contributed by atoms with Crippen LogP contribution in [0.4, 0.5) is 15.9 Å². The largest absolute Gasteiger partial charge is 0.340 e. The number of anilines is 2. The quantitative estimate of drug-likeness (QED) is 0.727. The van der Waals surface area contributed by atoms with Crippen LogP contribution in [-0.2, 0) is 0 Å². The van der Waals surface area contributed by atoms with Crippen LogP contribution in [0, 0.1) is 5.95 Å². The predicted molar refractivity (Wildman–Crippen MR) is 77.2 cm³/mol. The molecule has 98 valence electrons. The van der Waals surface area contributed by atoms with Crippen molar-refractivity contribution < 1.29 is 4.39 Å². The van der Waals surface area contributed by atoms with Crippen LogP contribution in [0.15, 0.2) is 67.0 Å². The summed E-state index contributed by atoms with van der Waals surface area (Å²) in [7, 11) is 0. The second-order valence-electron chi connectivity index (χ2n) is 4.29. The fraction of sp³-hybridized carbons (Fsp3) is 0. The highest BCUT2D eigenvalue weighted by atomic mass is 19.1. The van der Waals surface area contributed by atoms with E-state index in [0.29, 0.717) is 5.82 Å². The number of aromatic nitrogens is 2. The standard InChI is InChI=1S/C16H12FN3/c17-15-10-16(19-11-18-15)20-14-8-6-13(7-9-14)12-4-2-1-3-5-12/h1-11H,(H,18,19,20). The van der Waals surface area contributed by atoms with Crippen LogP contribution in [0.1, 0.15) is 0 Å². The number of nitrogens with one attached hydrogen (secondary N) is 1. The summed E-state index contributed by atoms with van der Waals surface area (Å²) in [6, 6.07) is 19.3. The Morgan fingerprint density at radius 2 is 1.50 bits per heavy atom. The van der Waals surface area contributed by atoms with Gasteiger partial charge in [0.1, 0.15) is 12.1 Å². The minimum Gasteiger partial charge on any atom is -0.340 e. The van der Waals surface area contributed by atoms with Gasteiger partial charge >= 0.3 is 0 Å². The Balaban J connectivity index is 1.80. The highest BCUT2D eigenvalue weighted by molar-refractivity contribution is 5.67. The first-order valence-corrected chi connectivity index (χ1v) is 6.21.